The number of amides is 1. The van der Waals surface area contributed by atoms with E-state index in [1.165, 1.54) is 22.8 Å². The van der Waals surface area contributed by atoms with Crippen molar-refractivity contribution in [2.45, 2.75) is 24.9 Å². The van der Waals surface area contributed by atoms with Gasteiger partial charge in [0.2, 0.25) is 11.1 Å². The second-order valence-corrected chi connectivity index (χ2v) is 5.87. The van der Waals surface area contributed by atoms with Crippen molar-refractivity contribution >= 4 is 29.3 Å². The number of thioether (sulfide) groups is 1. The Kier molecular flexibility index (Phi) is 6.62. The van der Waals surface area contributed by atoms with Crippen molar-refractivity contribution in [3.8, 4) is 0 Å². The molecular formula is C15H19N5O3S. The van der Waals surface area contributed by atoms with Crippen LogP contribution >= 0.6 is 11.8 Å². The molecule has 0 aliphatic heterocycles. The predicted octanol–water partition coefficient (Wildman–Crippen LogP) is 1.68. The lowest BCUT2D eigenvalue weighted by Crippen LogP contribution is -2.16. The molecule has 1 aromatic carbocycles. The molecule has 1 aromatic heterocycles. The van der Waals surface area contributed by atoms with Crippen LogP contribution in [0.25, 0.3) is 0 Å². The van der Waals surface area contributed by atoms with Crippen LogP contribution in [0.1, 0.15) is 30.1 Å². The number of nitrogens with one attached hydrogen (secondary N) is 1. The number of carbonyl (C=O) groups is 2. The second-order valence-electron chi connectivity index (χ2n) is 4.93. The number of unbranched alkanes of at least 4 members (excludes halogenated alkanes) is 1. The van der Waals surface area contributed by atoms with E-state index in [1.807, 2.05) is 6.92 Å². The average molecular weight is 349 g/mol. The van der Waals surface area contributed by atoms with E-state index in [0.717, 1.165) is 12.8 Å². The van der Waals surface area contributed by atoms with E-state index in [2.05, 4.69) is 15.5 Å². The molecule has 0 bridgehead atoms. The van der Waals surface area contributed by atoms with Crippen molar-refractivity contribution in [3.05, 3.63) is 36.2 Å². The minimum atomic E-state index is -0.398. The molecule has 1 heterocycles. The summed E-state index contributed by atoms with van der Waals surface area (Å²) in [6.07, 6.45) is 3.14. The fraction of sp³-hybridized carbons (Fsp3) is 0.333. The number of hydrogen-bond donors (Lipinski definition) is 2. The fourth-order valence-electron chi connectivity index (χ4n) is 1.78. The summed E-state index contributed by atoms with van der Waals surface area (Å²) in [6, 6.07) is 6.63. The minimum absolute atomic E-state index is 0.126. The third-order valence-electron chi connectivity index (χ3n) is 2.99. The first-order chi connectivity index (χ1) is 11.6. The number of ether oxygens (including phenoxy) is 1. The van der Waals surface area contributed by atoms with Crippen molar-refractivity contribution < 1.29 is 14.3 Å². The van der Waals surface area contributed by atoms with E-state index in [-0.39, 0.29) is 11.7 Å². The molecule has 0 aliphatic carbocycles. The number of anilines is 1. The summed E-state index contributed by atoms with van der Waals surface area (Å²) in [4.78, 5) is 23.9. The Labute approximate surface area is 143 Å². The smallest absolute Gasteiger partial charge is 0.338 e. The number of nitrogen functional groups attached to an aromatic ring is 1. The summed E-state index contributed by atoms with van der Waals surface area (Å²) in [5.74, 6) is 5.06. The standard InChI is InChI=1S/C15H19N5O3S/c1-2-3-7-23-14(22)11-5-4-6-12(8-11)18-13(21)9-24-15-19-17-10-20(15)16/h4-6,8,10H,2-3,7,9,16H2,1H3,(H,18,21). The first-order valence-corrected chi connectivity index (χ1v) is 8.43. The van der Waals surface area contributed by atoms with E-state index in [9.17, 15) is 9.59 Å². The van der Waals surface area contributed by atoms with Gasteiger partial charge >= 0.3 is 5.97 Å². The molecule has 0 saturated heterocycles. The molecule has 0 saturated carbocycles. The van der Waals surface area contributed by atoms with Crippen LogP contribution < -0.4 is 11.2 Å². The molecule has 9 heteroatoms. The highest BCUT2D eigenvalue weighted by molar-refractivity contribution is 7.99. The summed E-state index contributed by atoms with van der Waals surface area (Å²) in [6.45, 7) is 2.41. The van der Waals surface area contributed by atoms with E-state index in [0.29, 0.717) is 23.0 Å². The lowest BCUT2D eigenvalue weighted by atomic mass is 10.2. The van der Waals surface area contributed by atoms with E-state index < -0.39 is 5.97 Å². The first kappa shape index (κ1) is 17.8. The molecule has 1 amide bonds. The molecule has 128 valence electrons. The molecule has 2 aromatic rings. The normalized spacial score (nSPS) is 10.4. The average Bonchev–Trinajstić information content (AvgIpc) is 2.98. The molecule has 0 unspecified atom stereocenters. The van der Waals surface area contributed by atoms with E-state index in [4.69, 9.17) is 10.6 Å². The van der Waals surface area contributed by atoms with Crippen LogP contribution in [-0.2, 0) is 9.53 Å². The van der Waals surface area contributed by atoms with Crippen LogP contribution in [0.15, 0.2) is 35.7 Å². The molecule has 0 atom stereocenters. The van der Waals surface area contributed by atoms with Crippen molar-refractivity contribution in [1.82, 2.24) is 14.9 Å². The second kappa shape index (κ2) is 8.92. The van der Waals surface area contributed by atoms with Gasteiger partial charge in [0.05, 0.1) is 17.9 Å². The zero-order valence-electron chi connectivity index (χ0n) is 13.3. The maximum atomic E-state index is 12.0. The number of nitrogens with two attached hydrogens (primary N) is 1. The molecule has 8 nitrogen and oxygen atoms in total. The van der Waals surface area contributed by atoms with Crippen molar-refractivity contribution in [2.75, 3.05) is 23.5 Å². The van der Waals surface area contributed by atoms with Gasteiger partial charge in [-0.2, -0.15) is 0 Å². The Morgan fingerprint density at radius 1 is 1.42 bits per heavy atom. The number of rotatable bonds is 8. The summed E-state index contributed by atoms with van der Waals surface area (Å²) in [7, 11) is 0. The van der Waals surface area contributed by atoms with Crippen molar-refractivity contribution in [1.29, 1.82) is 0 Å². The lowest BCUT2D eigenvalue weighted by Gasteiger charge is -2.07. The summed E-state index contributed by atoms with van der Waals surface area (Å²) in [5.41, 5.74) is 0.929. The number of hydrogen-bond acceptors (Lipinski definition) is 7. The molecule has 0 fully saturated rings. The van der Waals surface area contributed by atoms with Crippen LogP contribution in [0.5, 0.6) is 0 Å². The van der Waals surface area contributed by atoms with Gasteiger partial charge in [-0.05, 0) is 24.6 Å². The zero-order valence-corrected chi connectivity index (χ0v) is 14.1. The highest BCUT2D eigenvalue weighted by atomic mass is 32.2. The Balaban J connectivity index is 1.87. The minimum Gasteiger partial charge on any atom is -0.462 e. The van der Waals surface area contributed by atoms with Crippen molar-refractivity contribution in [2.24, 2.45) is 0 Å². The van der Waals surface area contributed by atoms with Gasteiger partial charge in [0.25, 0.3) is 0 Å². The number of aromatic nitrogens is 3. The topological polar surface area (TPSA) is 112 Å². The Bertz CT molecular complexity index is 704. The maximum absolute atomic E-state index is 12.0. The van der Waals surface area contributed by atoms with Crippen LogP contribution in [0.2, 0.25) is 0 Å². The van der Waals surface area contributed by atoms with E-state index >= 15 is 0 Å². The zero-order chi connectivity index (χ0) is 17.4. The molecule has 0 radical (unpaired) electrons. The Morgan fingerprint density at radius 2 is 2.25 bits per heavy atom. The number of esters is 1. The Morgan fingerprint density at radius 3 is 2.96 bits per heavy atom. The number of carbonyl (C=O) groups excluding carboxylic acids is 2. The van der Waals surface area contributed by atoms with Crippen LogP contribution in [0.3, 0.4) is 0 Å². The molecule has 24 heavy (non-hydrogen) atoms. The van der Waals surface area contributed by atoms with Gasteiger partial charge in [0.15, 0.2) is 0 Å². The summed E-state index contributed by atoms with van der Waals surface area (Å²) >= 11 is 1.17. The van der Waals surface area contributed by atoms with Gasteiger partial charge in [-0.25, -0.2) is 9.47 Å². The SMILES string of the molecule is CCCCOC(=O)c1cccc(NC(=O)CSc2nncn2N)c1. The predicted molar refractivity (Wildman–Crippen MR) is 91.2 cm³/mol. The van der Waals surface area contributed by atoms with Gasteiger partial charge in [-0.3, -0.25) is 4.79 Å². The highest BCUT2D eigenvalue weighted by Crippen LogP contribution is 2.15. The van der Waals surface area contributed by atoms with Gasteiger partial charge < -0.3 is 15.9 Å². The largest absolute Gasteiger partial charge is 0.462 e. The van der Waals surface area contributed by atoms with Crippen molar-refractivity contribution in [3.63, 3.8) is 0 Å². The monoisotopic (exact) mass is 349 g/mol. The van der Waals surface area contributed by atoms with E-state index in [1.54, 1.807) is 24.3 Å². The lowest BCUT2D eigenvalue weighted by molar-refractivity contribution is -0.113. The fourth-order valence-corrected chi connectivity index (χ4v) is 2.41. The number of benzene rings is 1. The first-order valence-electron chi connectivity index (χ1n) is 7.45. The van der Waals surface area contributed by atoms with Gasteiger partial charge in [0.1, 0.15) is 6.33 Å². The molecule has 2 rings (SSSR count). The molecule has 0 spiro atoms. The molecule has 0 aliphatic rings. The quantitative estimate of drug-likeness (QED) is 0.323. The Hall–Kier alpha value is -2.55. The maximum Gasteiger partial charge on any atom is 0.338 e. The molecular weight excluding hydrogens is 330 g/mol. The molecule has 3 N–H and O–H groups in total. The van der Waals surface area contributed by atoms with Gasteiger partial charge in [-0.15, -0.1) is 10.2 Å². The van der Waals surface area contributed by atoms with Gasteiger partial charge in [0, 0.05) is 5.69 Å². The van der Waals surface area contributed by atoms with Gasteiger partial charge in [-0.1, -0.05) is 31.2 Å². The highest BCUT2D eigenvalue weighted by Gasteiger charge is 2.10. The summed E-state index contributed by atoms with van der Waals surface area (Å²) < 4.78 is 6.39. The van der Waals surface area contributed by atoms with Crippen LogP contribution in [0.4, 0.5) is 5.69 Å². The van der Waals surface area contributed by atoms with Crippen LogP contribution in [0, 0.1) is 0 Å². The third-order valence-corrected chi connectivity index (χ3v) is 3.94. The third kappa shape index (κ3) is 5.27. The van der Waals surface area contributed by atoms with Crippen LogP contribution in [-0.4, -0.2) is 39.1 Å². The number of nitrogens with zero attached hydrogens (tertiary/aromatic N) is 3. The summed E-state index contributed by atoms with van der Waals surface area (Å²) in [5, 5.41) is 10.6.